The van der Waals surface area contributed by atoms with Crippen LogP contribution < -0.4 is 14.2 Å². The SMILES string of the molecule is COc1ccc(S(=O)(=O)NCc2nnc(C)o2)cc1OC. The van der Waals surface area contributed by atoms with E-state index in [0.29, 0.717) is 17.4 Å². The highest BCUT2D eigenvalue weighted by Crippen LogP contribution is 2.29. The number of methoxy groups -OCH3 is 2. The predicted molar refractivity (Wildman–Crippen MR) is 72.6 cm³/mol. The summed E-state index contributed by atoms with van der Waals surface area (Å²) in [5, 5.41) is 7.34. The Morgan fingerprint density at radius 2 is 1.90 bits per heavy atom. The Bertz CT molecular complexity index is 726. The average molecular weight is 313 g/mol. The number of ether oxygens (including phenoxy) is 2. The van der Waals surface area contributed by atoms with Crippen LogP contribution >= 0.6 is 0 Å². The zero-order chi connectivity index (χ0) is 15.5. The maximum absolute atomic E-state index is 12.2. The zero-order valence-corrected chi connectivity index (χ0v) is 12.6. The first kappa shape index (κ1) is 15.3. The van der Waals surface area contributed by atoms with E-state index in [1.807, 2.05) is 0 Å². The van der Waals surface area contributed by atoms with Gasteiger partial charge in [-0.3, -0.25) is 0 Å². The van der Waals surface area contributed by atoms with Gasteiger partial charge in [0.25, 0.3) is 0 Å². The van der Waals surface area contributed by atoms with Crippen molar-refractivity contribution in [2.24, 2.45) is 0 Å². The van der Waals surface area contributed by atoms with Crippen molar-refractivity contribution in [1.29, 1.82) is 0 Å². The maximum Gasteiger partial charge on any atom is 0.241 e. The minimum Gasteiger partial charge on any atom is -0.493 e. The maximum atomic E-state index is 12.2. The monoisotopic (exact) mass is 313 g/mol. The number of sulfonamides is 1. The third-order valence-corrected chi connectivity index (χ3v) is 4.05. The second-order valence-electron chi connectivity index (χ2n) is 4.06. The van der Waals surface area contributed by atoms with Gasteiger partial charge in [0.1, 0.15) is 0 Å². The van der Waals surface area contributed by atoms with E-state index in [0.717, 1.165) is 0 Å². The lowest BCUT2D eigenvalue weighted by Crippen LogP contribution is -2.23. The highest BCUT2D eigenvalue weighted by molar-refractivity contribution is 7.89. The first-order chi connectivity index (χ1) is 9.96. The molecule has 0 bridgehead atoms. The van der Waals surface area contributed by atoms with Crippen molar-refractivity contribution in [1.82, 2.24) is 14.9 Å². The fourth-order valence-corrected chi connectivity index (χ4v) is 2.62. The van der Waals surface area contributed by atoms with E-state index in [4.69, 9.17) is 13.9 Å². The zero-order valence-electron chi connectivity index (χ0n) is 11.8. The lowest BCUT2D eigenvalue weighted by Gasteiger charge is -2.10. The van der Waals surface area contributed by atoms with Crippen LogP contribution in [0.4, 0.5) is 0 Å². The van der Waals surface area contributed by atoms with Crippen LogP contribution in [0.1, 0.15) is 11.8 Å². The largest absolute Gasteiger partial charge is 0.493 e. The van der Waals surface area contributed by atoms with Crippen LogP contribution in [-0.4, -0.2) is 32.8 Å². The van der Waals surface area contributed by atoms with Gasteiger partial charge < -0.3 is 13.9 Å². The van der Waals surface area contributed by atoms with E-state index in [2.05, 4.69) is 14.9 Å². The molecule has 0 amide bonds. The summed E-state index contributed by atoms with van der Waals surface area (Å²) in [4.78, 5) is 0.0522. The van der Waals surface area contributed by atoms with E-state index in [1.54, 1.807) is 6.92 Å². The second kappa shape index (κ2) is 6.10. The number of aromatic nitrogens is 2. The molecule has 2 rings (SSSR count). The summed E-state index contributed by atoms with van der Waals surface area (Å²) >= 11 is 0. The van der Waals surface area contributed by atoms with Gasteiger partial charge in [-0.05, 0) is 12.1 Å². The molecule has 114 valence electrons. The van der Waals surface area contributed by atoms with Crippen molar-refractivity contribution >= 4 is 10.0 Å². The molecule has 0 fully saturated rings. The molecule has 1 aromatic heterocycles. The quantitative estimate of drug-likeness (QED) is 0.844. The molecule has 21 heavy (non-hydrogen) atoms. The van der Waals surface area contributed by atoms with Crippen LogP contribution in [0, 0.1) is 6.92 Å². The van der Waals surface area contributed by atoms with Crippen LogP contribution in [-0.2, 0) is 16.6 Å². The van der Waals surface area contributed by atoms with Crippen LogP contribution in [0.2, 0.25) is 0 Å². The highest BCUT2D eigenvalue weighted by Gasteiger charge is 2.18. The Labute approximate surface area is 122 Å². The number of nitrogens with one attached hydrogen (secondary N) is 1. The molecule has 1 aromatic carbocycles. The molecule has 0 radical (unpaired) electrons. The summed E-state index contributed by atoms with van der Waals surface area (Å²) in [6, 6.07) is 4.31. The lowest BCUT2D eigenvalue weighted by atomic mass is 10.3. The molecule has 8 nitrogen and oxygen atoms in total. The number of hydrogen-bond donors (Lipinski definition) is 1. The second-order valence-corrected chi connectivity index (χ2v) is 5.82. The molecule has 9 heteroatoms. The van der Waals surface area contributed by atoms with Gasteiger partial charge in [-0.2, -0.15) is 0 Å². The summed E-state index contributed by atoms with van der Waals surface area (Å²) in [6.45, 7) is 1.54. The van der Waals surface area contributed by atoms with E-state index in [9.17, 15) is 8.42 Å². The molecule has 0 spiro atoms. The Kier molecular flexibility index (Phi) is 4.43. The van der Waals surface area contributed by atoms with E-state index in [-0.39, 0.29) is 17.3 Å². The minimum absolute atomic E-state index is 0.0522. The summed E-state index contributed by atoms with van der Waals surface area (Å²) in [6.07, 6.45) is 0. The van der Waals surface area contributed by atoms with Crippen molar-refractivity contribution in [3.63, 3.8) is 0 Å². The number of hydrogen-bond acceptors (Lipinski definition) is 7. The first-order valence-electron chi connectivity index (χ1n) is 5.97. The number of nitrogens with zero attached hydrogens (tertiary/aromatic N) is 2. The van der Waals surface area contributed by atoms with Gasteiger partial charge in [0.05, 0.1) is 25.7 Å². The minimum atomic E-state index is -3.72. The summed E-state index contributed by atoms with van der Waals surface area (Å²) < 4.78 is 42.0. The summed E-state index contributed by atoms with van der Waals surface area (Å²) in [5.74, 6) is 1.34. The average Bonchev–Trinajstić information content (AvgIpc) is 2.90. The molecule has 0 aliphatic rings. The first-order valence-corrected chi connectivity index (χ1v) is 7.45. The van der Waals surface area contributed by atoms with Gasteiger partial charge in [-0.25, -0.2) is 13.1 Å². The highest BCUT2D eigenvalue weighted by atomic mass is 32.2. The van der Waals surface area contributed by atoms with E-state index in [1.165, 1.54) is 32.4 Å². The smallest absolute Gasteiger partial charge is 0.241 e. The number of benzene rings is 1. The predicted octanol–water partition coefficient (Wildman–Crippen LogP) is 0.874. The van der Waals surface area contributed by atoms with Crippen LogP contribution in [0.25, 0.3) is 0 Å². The van der Waals surface area contributed by atoms with Gasteiger partial charge in [0, 0.05) is 13.0 Å². The molecule has 0 unspecified atom stereocenters. The fraction of sp³-hybridized carbons (Fsp3) is 0.333. The molecule has 0 atom stereocenters. The molecule has 0 aliphatic carbocycles. The van der Waals surface area contributed by atoms with Crippen molar-refractivity contribution < 1.29 is 22.3 Å². The molecular formula is C12H15N3O5S. The van der Waals surface area contributed by atoms with Gasteiger partial charge in [-0.1, -0.05) is 0 Å². The van der Waals surface area contributed by atoms with E-state index < -0.39 is 10.0 Å². The summed E-state index contributed by atoms with van der Waals surface area (Å²) in [7, 11) is -0.812. The van der Waals surface area contributed by atoms with E-state index >= 15 is 0 Å². The van der Waals surface area contributed by atoms with Gasteiger partial charge in [-0.15, -0.1) is 10.2 Å². The van der Waals surface area contributed by atoms with Crippen LogP contribution in [0.3, 0.4) is 0 Å². The van der Waals surface area contributed by atoms with Crippen molar-refractivity contribution in [3.8, 4) is 11.5 Å². The van der Waals surface area contributed by atoms with Gasteiger partial charge in [0.2, 0.25) is 21.8 Å². The molecule has 0 aliphatic heterocycles. The normalized spacial score (nSPS) is 11.4. The molecule has 1 heterocycles. The summed E-state index contributed by atoms with van der Waals surface area (Å²) in [5.41, 5.74) is 0. The Hall–Kier alpha value is -2.13. The lowest BCUT2D eigenvalue weighted by molar-refractivity contribution is 0.354. The molecule has 0 saturated carbocycles. The van der Waals surface area contributed by atoms with Crippen molar-refractivity contribution in [3.05, 3.63) is 30.0 Å². The number of rotatable bonds is 6. The third-order valence-electron chi connectivity index (χ3n) is 2.65. The fourth-order valence-electron chi connectivity index (χ4n) is 1.63. The molecule has 0 saturated heterocycles. The topological polar surface area (TPSA) is 104 Å². The van der Waals surface area contributed by atoms with Crippen LogP contribution in [0.5, 0.6) is 11.5 Å². The van der Waals surface area contributed by atoms with Crippen molar-refractivity contribution in [2.75, 3.05) is 14.2 Å². The number of aryl methyl sites for hydroxylation is 1. The van der Waals surface area contributed by atoms with Crippen LogP contribution in [0.15, 0.2) is 27.5 Å². The molecule has 1 N–H and O–H groups in total. The van der Waals surface area contributed by atoms with Crippen molar-refractivity contribution in [2.45, 2.75) is 18.4 Å². The van der Waals surface area contributed by atoms with Gasteiger partial charge >= 0.3 is 0 Å². The molecule has 2 aromatic rings. The Morgan fingerprint density at radius 1 is 1.19 bits per heavy atom. The standard InChI is InChI=1S/C12H15N3O5S/c1-8-14-15-12(20-8)7-13-21(16,17)9-4-5-10(18-2)11(6-9)19-3/h4-6,13H,7H2,1-3H3. The Morgan fingerprint density at radius 3 is 2.48 bits per heavy atom. The van der Waals surface area contributed by atoms with Gasteiger partial charge in [0.15, 0.2) is 11.5 Å². The molecular weight excluding hydrogens is 298 g/mol. The third kappa shape index (κ3) is 3.50. The Balaban J connectivity index is 2.19.